The molecule has 0 spiro atoms. The first-order valence-electron chi connectivity index (χ1n) is 6.59. The smallest absolute Gasteiger partial charge is 0.251 e. The Kier molecular flexibility index (Phi) is 4.86. The van der Waals surface area contributed by atoms with Crippen LogP contribution in [-0.2, 0) is 0 Å². The largest absolute Gasteiger partial charge is 0.399 e. The molecule has 0 saturated heterocycles. The first-order valence-corrected chi connectivity index (χ1v) is 6.59. The molecule has 0 radical (unpaired) electrons. The monoisotopic (exact) mass is 282 g/mol. The van der Waals surface area contributed by atoms with Crippen molar-refractivity contribution in [2.45, 2.75) is 33.6 Å². The van der Waals surface area contributed by atoms with Crippen molar-refractivity contribution in [3.05, 3.63) is 29.3 Å². The van der Waals surface area contributed by atoms with Crippen molar-refractivity contribution in [2.24, 2.45) is 11.3 Å². The fraction of sp³-hybridized carbons (Fsp3) is 0.533. The number of hydrogen-bond acceptors (Lipinski definition) is 2. The molecule has 1 aliphatic carbocycles. The Balaban J connectivity index is 0.00000180. The first-order chi connectivity index (χ1) is 8.44. The number of nitrogen functional groups attached to an aromatic ring is 1. The summed E-state index contributed by atoms with van der Waals surface area (Å²) in [6.07, 6.45) is 2.45. The molecule has 1 amide bonds. The van der Waals surface area contributed by atoms with E-state index < -0.39 is 0 Å². The summed E-state index contributed by atoms with van der Waals surface area (Å²) in [6.45, 7) is 7.16. The molecule has 0 bridgehead atoms. The Morgan fingerprint density at radius 2 is 2.05 bits per heavy atom. The van der Waals surface area contributed by atoms with Crippen LogP contribution in [-0.4, -0.2) is 12.5 Å². The molecule has 3 N–H and O–H groups in total. The van der Waals surface area contributed by atoms with E-state index in [2.05, 4.69) is 19.2 Å². The van der Waals surface area contributed by atoms with Gasteiger partial charge in [0.2, 0.25) is 0 Å². The SMILES string of the molecule is Cc1ccc(N)cc1C(=O)NCC1(C(C)C)CC1.Cl. The van der Waals surface area contributed by atoms with Gasteiger partial charge in [0.25, 0.3) is 5.91 Å². The minimum Gasteiger partial charge on any atom is -0.399 e. The van der Waals surface area contributed by atoms with E-state index in [9.17, 15) is 4.79 Å². The molecule has 3 nitrogen and oxygen atoms in total. The van der Waals surface area contributed by atoms with Crippen LogP contribution in [0.5, 0.6) is 0 Å². The highest BCUT2D eigenvalue weighted by atomic mass is 35.5. The number of benzene rings is 1. The Morgan fingerprint density at radius 1 is 1.42 bits per heavy atom. The van der Waals surface area contributed by atoms with Gasteiger partial charge in [-0.15, -0.1) is 12.4 Å². The van der Waals surface area contributed by atoms with Gasteiger partial charge in [-0.1, -0.05) is 19.9 Å². The highest BCUT2D eigenvalue weighted by Gasteiger charge is 2.45. The van der Waals surface area contributed by atoms with Gasteiger partial charge in [-0.25, -0.2) is 0 Å². The van der Waals surface area contributed by atoms with Crippen molar-refractivity contribution in [1.82, 2.24) is 5.32 Å². The molecule has 1 fully saturated rings. The van der Waals surface area contributed by atoms with Crippen LogP contribution in [0.1, 0.15) is 42.6 Å². The third-order valence-corrected chi connectivity index (χ3v) is 4.22. The maximum atomic E-state index is 12.1. The second kappa shape index (κ2) is 5.83. The van der Waals surface area contributed by atoms with Crippen molar-refractivity contribution in [1.29, 1.82) is 0 Å². The number of carbonyl (C=O) groups is 1. The zero-order chi connectivity index (χ0) is 13.3. The number of aryl methyl sites for hydroxylation is 1. The maximum absolute atomic E-state index is 12.1. The number of nitrogens with two attached hydrogens (primary N) is 1. The Labute approximate surface area is 121 Å². The minimum absolute atomic E-state index is 0. The molecule has 4 heteroatoms. The van der Waals surface area contributed by atoms with Crippen molar-refractivity contribution in [3.8, 4) is 0 Å². The van der Waals surface area contributed by atoms with Crippen molar-refractivity contribution < 1.29 is 4.79 Å². The maximum Gasteiger partial charge on any atom is 0.251 e. The normalized spacial score (nSPS) is 15.8. The molecule has 1 aromatic rings. The Morgan fingerprint density at radius 3 is 2.58 bits per heavy atom. The lowest BCUT2D eigenvalue weighted by Gasteiger charge is -2.20. The average Bonchev–Trinajstić information content (AvgIpc) is 3.10. The molecule has 2 rings (SSSR count). The van der Waals surface area contributed by atoms with Crippen LogP contribution in [0.4, 0.5) is 5.69 Å². The van der Waals surface area contributed by atoms with Crippen LogP contribution in [0.15, 0.2) is 18.2 Å². The molecule has 1 aliphatic rings. The van der Waals surface area contributed by atoms with E-state index in [1.54, 1.807) is 6.07 Å². The predicted molar refractivity (Wildman–Crippen MR) is 81.7 cm³/mol. The van der Waals surface area contributed by atoms with Gasteiger partial charge >= 0.3 is 0 Å². The number of nitrogens with one attached hydrogen (secondary N) is 1. The van der Waals surface area contributed by atoms with Gasteiger partial charge in [-0.05, 0) is 48.8 Å². The van der Waals surface area contributed by atoms with Gasteiger partial charge in [0.1, 0.15) is 0 Å². The number of halogens is 1. The molecule has 0 aromatic heterocycles. The number of amides is 1. The zero-order valence-corrected chi connectivity index (χ0v) is 12.6. The summed E-state index contributed by atoms with van der Waals surface area (Å²) in [6, 6.07) is 5.46. The highest BCUT2D eigenvalue weighted by molar-refractivity contribution is 5.96. The summed E-state index contributed by atoms with van der Waals surface area (Å²) in [7, 11) is 0. The summed E-state index contributed by atoms with van der Waals surface area (Å²) in [5, 5.41) is 3.06. The van der Waals surface area contributed by atoms with Crippen LogP contribution in [0, 0.1) is 18.3 Å². The molecular formula is C15H23ClN2O. The molecule has 1 saturated carbocycles. The predicted octanol–water partition coefficient (Wildman–Crippen LogP) is 3.17. The van der Waals surface area contributed by atoms with E-state index in [4.69, 9.17) is 5.73 Å². The van der Waals surface area contributed by atoms with Crippen LogP contribution < -0.4 is 11.1 Å². The van der Waals surface area contributed by atoms with Crippen LogP contribution >= 0.6 is 12.4 Å². The quantitative estimate of drug-likeness (QED) is 0.834. The third kappa shape index (κ3) is 3.41. The number of carbonyl (C=O) groups excluding carboxylic acids is 1. The second-order valence-corrected chi connectivity index (χ2v) is 5.77. The topological polar surface area (TPSA) is 55.1 Å². The summed E-state index contributed by atoms with van der Waals surface area (Å²) in [4.78, 5) is 12.1. The summed E-state index contributed by atoms with van der Waals surface area (Å²) in [5.74, 6) is 0.617. The number of hydrogen-bond donors (Lipinski definition) is 2. The van der Waals surface area contributed by atoms with E-state index in [0.717, 1.165) is 12.1 Å². The van der Waals surface area contributed by atoms with E-state index in [0.29, 0.717) is 22.6 Å². The molecule has 106 valence electrons. The molecule has 0 atom stereocenters. The third-order valence-electron chi connectivity index (χ3n) is 4.22. The highest BCUT2D eigenvalue weighted by Crippen LogP contribution is 2.51. The summed E-state index contributed by atoms with van der Waals surface area (Å²) >= 11 is 0. The molecule has 0 unspecified atom stereocenters. The minimum atomic E-state index is -0.00766. The number of rotatable bonds is 4. The molecule has 0 heterocycles. The van der Waals surface area contributed by atoms with Crippen molar-refractivity contribution >= 4 is 24.0 Å². The lowest BCUT2D eigenvalue weighted by molar-refractivity contribution is 0.0939. The Hall–Kier alpha value is -1.22. The molecule has 0 aliphatic heterocycles. The lowest BCUT2D eigenvalue weighted by Crippen LogP contribution is -2.33. The van der Waals surface area contributed by atoms with Gasteiger partial charge in [-0.2, -0.15) is 0 Å². The second-order valence-electron chi connectivity index (χ2n) is 5.77. The molecular weight excluding hydrogens is 260 g/mol. The fourth-order valence-corrected chi connectivity index (χ4v) is 2.35. The fourth-order valence-electron chi connectivity index (χ4n) is 2.35. The van der Waals surface area contributed by atoms with Crippen molar-refractivity contribution in [2.75, 3.05) is 12.3 Å². The zero-order valence-electron chi connectivity index (χ0n) is 11.8. The summed E-state index contributed by atoms with van der Waals surface area (Å²) in [5.41, 5.74) is 8.36. The van der Waals surface area contributed by atoms with Crippen molar-refractivity contribution in [3.63, 3.8) is 0 Å². The van der Waals surface area contributed by atoms with Gasteiger partial charge in [0.05, 0.1) is 0 Å². The van der Waals surface area contributed by atoms with E-state index in [1.807, 2.05) is 19.1 Å². The summed E-state index contributed by atoms with van der Waals surface area (Å²) < 4.78 is 0. The van der Waals surface area contributed by atoms with Crippen LogP contribution in [0.3, 0.4) is 0 Å². The van der Waals surface area contributed by atoms with E-state index in [1.165, 1.54) is 12.8 Å². The first kappa shape index (κ1) is 15.8. The van der Waals surface area contributed by atoms with Gasteiger partial charge in [0, 0.05) is 17.8 Å². The van der Waals surface area contributed by atoms with Gasteiger partial charge < -0.3 is 11.1 Å². The Bertz CT molecular complexity index is 467. The standard InChI is InChI=1S/C15H22N2O.ClH/c1-10(2)15(6-7-15)9-17-14(18)13-8-12(16)5-4-11(13)3;/h4-5,8,10H,6-7,9,16H2,1-3H3,(H,17,18);1H. The lowest BCUT2D eigenvalue weighted by atomic mass is 9.92. The van der Waals surface area contributed by atoms with E-state index >= 15 is 0 Å². The van der Waals surface area contributed by atoms with Gasteiger partial charge in [0.15, 0.2) is 0 Å². The number of anilines is 1. The van der Waals surface area contributed by atoms with Crippen LogP contribution in [0.25, 0.3) is 0 Å². The molecule has 19 heavy (non-hydrogen) atoms. The van der Waals surface area contributed by atoms with E-state index in [-0.39, 0.29) is 18.3 Å². The van der Waals surface area contributed by atoms with Gasteiger partial charge in [-0.3, -0.25) is 4.79 Å². The molecule has 1 aromatic carbocycles. The average molecular weight is 283 g/mol. The van der Waals surface area contributed by atoms with Crippen LogP contribution in [0.2, 0.25) is 0 Å².